The first-order valence-corrected chi connectivity index (χ1v) is 10.3. The van der Waals surface area contributed by atoms with E-state index in [2.05, 4.69) is 30.5 Å². The Kier molecular flexibility index (Phi) is 5.38. The van der Waals surface area contributed by atoms with Crippen LogP contribution in [0, 0.1) is 5.92 Å². The van der Waals surface area contributed by atoms with Gasteiger partial charge in [0.05, 0.1) is 24.2 Å². The summed E-state index contributed by atoms with van der Waals surface area (Å²) in [6.07, 6.45) is 1.07. The van der Waals surface area contributed by atoms with Crippen LogP contribution in [-0.2, 0) is 17.8 Å². The van der Waals surface area contributed by atoms with Gasteiger partial charge in [0.1, 0.15) is 11.5 Å². The van der Waals surface area contributed by atoms with E-state index in [0.717, 1.165) is 40.7 Å². The van der Waals surface area contributed by atoms with Gasteiger partial charge in [0.2, 0.25) is 0 Å². The second-order valence-corrected chi connectivity index (χ2v) is 7.75. The predicted molar refractivity (Wildman–Crippen MR) is 116 cm³/mol. The maximum atomic E-state index is 12.6. The van der Waals surface area contributed by atoms with Crippen molar-refractivity contribution in [1.82, 2.24) is 14.1 Å². The van der Waals surface area contributed by atoms with Crippen molar-refractivity contribution in [1.29, 1.82) is 0 Å². The Morgan fingerprint density at radius 2 is 1.76 bits per heavy atom. The maximum Gasteiger partial charge on any atom is 0.354 e. The zero-order valence-electron chi connectivity index (χ0n) is 17.3. The number of benzene rings is 2. The number of ether oxygens (including phenoxy) is 1. The van der Waals surface area contributed by atoms with Crippen LogP contribution in [0.25, 0.3) is 21.9 Å². The molecule has 0 fully saturated rings. The lowest BCUT2D eigenvalue weighted by atomic mass is 10.1. The highest BCUT2D eigenvalue weighted by Gasteiger charge is 2.19. The summed E-state index contributed by atoms with van der Waals surface area (Å²) in [7, 11) is 0. The molecule has 5 heteroatoms. The monoisotopic (exact) mass is 389 g/mol. The number of hydrogen-bond donors (Lipinski definition) is 0. The van der Waals surface area contributed by atoms with Gasteiger partial charge >= 0.3 is 5.97 Å². The Hall–Kier alpha value is -3.08. The molecule has 0 aliphatic carbocycles. The zero-order valence-corrected chi connectivity index (χ0v) is 17.3. The molecular formula is C24H27N3O2. The standard InChI is InChI=1S/C24H27N3O2/c1-4-29-24(28)22-15-18-9-5-7-11-20(18)27(22)16-23-25-19-10-6-8-12-21(19)26(23)14-13-17(2)3/h5-12,15,17H,4,13-14,16H2,1-3H3. The van der Waals surface area contributed by atoms with Crippen molar-refractivity contribution in [3.8, 4) is 0 Å². The first-order chi connectivity index (χ1) is 14.1. The van der Waals surface area contributed by atoms with E-state index in [0.29, 0.717) is 24.8 Å². The van der Waals surface area contributed by atoms with Crippen LogP contribution >= 0.6 is 0 Å². The molecule has 0 N–H and O–H groups in total. The average molecular weight is 389 g/mol. The van der Waals surface area contributed by atoms with Crippen molar-refractivity contribution in [2.45, 2.75) is 40.3 Å². The van der Waals surface area contributed by atoms with Crippen molar-refractivity contribution in [3.63, 3.8) is 0 Å². The Morgan fingerprint density at radius 1 is 1.03 bits per heavy atom. The molecule has 0 bridgehead atoms. The summed E-state index contributed by atoms with van der Waals surface area (Å²) in [6, 6.07) is 18.2. The molecular weight excluding hydrogens is 362 g/mol. The fourth-order valence-electron chi connectivity index (χ4n) is 3.78. The number of esters is 1. The lowest BCUT2D eigenvalue weighted by molar-refractivity contribution is 0.0515. The van der Waals surface area contributed by atoms with E-state index in [1.807, 2.05) is 54.0 Å². The highest BCUT2D eigenvalue weighted by Crippen LogP contribution is 2.24. The number of nitrogens with zero attached hydrogens (tertiary/aromatic N) is 3. The molecule has 0 saturated heterocycles. The van der Waals surface area contributed by atoms with E-state index in [4.69, 9.17) is 9.72 Å². The number of hydrogen-bond acceptors (Lipinski definition) is 3. The molecule has 29 heavy (non-hydrogen) atoms. The number of para-hydroxylation sites is 3. The minimum Gasteiger partial charge on any atom is -0.461 e. The van der Waals surface area contributed by atoms with Gasteiger partial charge in [-0.2, -0.15) is 0 Å². The fourth-order valence-corrected chi connectivity index (χ4v) is 3.78. The van der Waals surface area contributed by atoms with Crippen LogP contribution in [0.5, 0.6) is 0 Å². The molecule has 4 aromatic rings. The van der Waals surface area contributed by atoms with E-state index < -0.39 is 0 Å². The highest BCUT2D eigenvalue weighted by molar-refractivity contribution is 5.95. The summed E-state index contributed by atoms with van der Waals surface area (Å²) in [5, 5.41) is 1.03. The first kappa shape index (κ1) is 19.2. The van der Waals surface area contributed by atoms with E-state index >= 15 is 0 Å². The SMILES string of the molecule is CCOC(=O)c1cc2ccccc2n1Cc1nc2ccccc2n1CCC(C)C. The number of carbonyl (C=O) groups is 1. The largest absolute Gasteiger partial charge is 0.461 e. The summed E-state index contributed by atoms with van der Waals surface area (Å²) in [5.41, 5.74) is 3.70. The molecule has 0 aliphatic heterocycles. The molecule has 0 saturated carbocycles. The third kappa shape index (κ3) is 3.77. The van der Waals surface area contributed by atoms with Gasteiger partial charge in [0.25, 0.3) is 0 Å². The molecule has 0 aliphatic rings. The maximum absolute atomic E-state index is 12.6. The molecule has 150 valence electrons. The van der Waals surface area contributed by atoms with Gasteiger partial charge in [-0.3, -0.25) is 0 Å². The van der Waals surface area contributed by atoms with E-state index in [1.165, 1.54) is 0 Å². The average Bonchev–Trinajstić information content (AvgIpc) is 3.25. The van der Waals surface area contributed by atoms with Crippen LogP contribution in [0.15, 0.2) is 54.6 Å². The molecule has 0 amide bonds. The van der Waals surface area contributed by atoms with E-state index in [9.17, 15) is 4.79 Å². The Labute approximate surface area is 170 Å². The van der Waals surface area contributed by atoms with Crippen LogP contribution < -0.4 is 0 Å². The number of rotatable bonds is 7. The summed E-state index contributed by atoms with van der Waals surface area (Å²) < 4.78 is 9.64. The summed E-state index contributed by atoms with van der Waals surface area (Å²) in [6.45, 7) is 8.08. The summed E-state index contributed by atoms with van der Waals surface area (Å²) in [5.74, 6) is 1.26. The van der Waals surface area contributed by atoms with Crippen molar-refractivity contribution in [2.24, 2.45) is 5.92 Å². The van der Waals surface area contributed by atoms with Crippen molar-refractivity contribution in [3.05, 3.63) is 66.1 Å². The van der Waals surface area contributed by atoms with Gasteiger partial charge < -0.3 is 13.9 Å². The molecule has 0 spiro atoms. The molecule has 2 aromatic carbocycles. The van der Waals surface area contributed by atoms with Gasteiger partial charge in [-0.15, -0.1) is 0 Å². The third-order valence-electron chi connectivity index (χ3n) is 5.26. The zero-order chi connectivity index (χ0) is 20.4. The Morgan fingerprint density at radius 3 is 2.52 bits per heavy atom. The predicted octanol–water partition coefficient (Wildman–Crippen LogP) is 5.26. The van der Waals surface area contributed by atoms with Crippen LogP contribution in [0.2, 0.25) is 0 Å². The smallest absolute Gasteiger partial charge is 0.354 e. The minimum atomic E-state index is -0.298. The number of aromatic nitrogens is 3. The second kappa shape index (κ2) is 8.11. The van der Waals surface area contributed by atoms with Crippen molar-refractivity contribution < 1.29 is 9.53 Å². The summed E-state index contributed by atoms with van der Waals surface area (Å²) >= 11 is 0. The Balaban J connectivity index is 1.82. The van der Waals surface area contributed by atoms with E-state index in [-0.39, 0.29) is 5.97 Å². The van der Waals surface area contributed by atoms with Crippen molar-refractivity contribution >= 4 is 27.9 Å². The van der Waals surface area contributed by atoms with Crippen molar-refractivity contribution in [2.75, 3.05) is 6.61 Å². The topological polar surface area (TPSA) is 49.1 Å². The third-order valence-corrected chi connectivity index (χ3v) is 5.26. The molecule has 4 rings (SSSR count). The molecule has 5 nitrogen and oxygen atoms in total. The Bertz CT molecular complexity index is 1150. The lowest BCUT2D eigenvalue weighted by Crippen LogP contribution is -2.16. The highest BCUT2D eigenvalue weighted by atomic mass is 16.5. The van der Waals surface area contributed by atoms with Gasteiger partial charge in [-0.1, -0.05) is 44.2 Å². The fraction of sp³-hybridized carbons (Fsp3) is 0.333. The van der Waals surface area contributed by atoms with Gasteiger partial charge in [-0.25, -0.2) is 9.78 Å². The molecule has 0 unspecified atom stereocenters. The molecule has 2 aromatic heterocycles. The van der Waals surface area contributed by atoms with Crippen LogP contribution in [0.4, 0.5) is 0 Å². The number of imidazole rings is 1. The lowest BCUT2D eigenvalue weighted by Gasteiger charge is -2.14. The first-order valence-electron chi connectivity index (χ1n) is 10.3. The number of aryl methyl sites for hydroxylation is 1. The second-order valence-electron chi connectivity index (χ2n) is 7.75. The summed E-state index contributed by atoms with van der Waals surface area (Å²) in [4.78, 5) is 17.5. The normalized spacial score (nSPS) is 11.6. The number of fused-ring (bicyclic) bond motifs is 2. The van der Waals surface area contributed by atoms with Gasteiger partial charge in [-0.05, 0) is 43.5 Å². The molecule has 2 heterocycles. The van der Waals surface area contributed by atoms with Crippen LogP contribution in [0.3, 0.4) is 0 Å². The van der Waals surface area contributed by atoms with Gasteiger partial charge in [0, 0.05) is 17.4 Å². The van der Waals surface area contributed by atoms with Crippen LogP contribution in [0.1, 0.15) is 43.5 Å². The van der Waals surface area contributed by atoms with E-state index in [1.54, 1.807) is 0 Å². The molecule has 0 radical (unpaired) electrons. The number of carbonyl (C=O) groups excluding carboxylic acids is 1. The molecule has 0 atom stereocenters. The quantitative estimate of drug-likeness (QED) is 0.405. The van der Waals surface area contributed by atoms with Crippen LogP contribution in [-0.4, -0.2) is 26.7 Å². The van der Waals surface area contributed by atoms with Gasteiger partial charge in [0.15, 0.2) is 0 Å². The minimum absolute atomic E-state index is 0.298.